The lowest BCUT2D eigenvalue weighted by Crippen LogP contribution is -2.37. The molecule has 0 aromatic carbocycles. The van der Waals surface area contributed by atoms with Gasteiger partial charge in [0.05, 0.1) is 12.5 Å². The highest BCUT2D eigenvalue weighted by molar-refractivity contribution is 5.77. The molecule has 4 nitrogen and oxygen atoms in total. The van der Waals surface area contributed by atoms with Crippen LogP contribution in [0, 0.1) is 0 Å². The number of ether oxygens (including phenoxy) is 1. The van der Waals surface area contributed by atoms with E-state index < -0.39 is 18.5 Å². The molecule has 0 aromatic heterocycles. The normalized spacial score (nSPS) is 17.8. The van der Waals surface area contributed by atoms with Gasteiger partial charge in [0.2, 0.25) is 5.91 Å². The molecule has 1 aliphatic heterocycles. The number of carbonyl (C=O) groups is 1. The summed E-state index contributed by atoms with van der Waals surface area (Å²) in [5, 5.41) is 3.16. The van der Waals surface area contributed by atoms with Gasteiger partial charge in [-0.1, -0.05) is 0 Å². The summed E-state index contributed by atoms with van der Waals surface area (Å²) in [6, 6.07) is 0. The molecule has 0 saturated carbocycles. The second-order valence-corrected chi connectivity index (χ2v) is 4.44. The molecule has 1 heterocycles. The summed E-state index contributed by atoms with van der Waals surface area (Å²) in [5.74, 6) is -0.405. The highest BCUT2D eigenvalue weighted by atomic mass is 19.4. The van der Waals surface area contributed by atoms with Crippen LogP contribution in [0.2, 0.25) is 0 Å². The summed E-state index contributed by atoms with van der Waals surface area (Å²) in [6.07, 6.45) is -3.52. The lowest BCUT2D eigenvalue weighted by Gasteiger charge is -2.24. The van der Waals surface area contributed by atoms with Crippen LogP contribution in [0.25, 0.3) is 0 Å². The van der Waals surface area contributed by atoms with Gasteiger partial charge in [-0.3, -0.25) is 4.79 Å². The van der Waals surface area contributed by atoms with E-state index in [0.717, 1.165) is 30.8 Å². The first-order chi connectivity index (χ1) is 8.38. The van der Waals surface area contributed by atoms with Crippen molar-refractivity contribution < 1.29 is 22.7 Å². The smallest absolute Gasteiger partial charge is 0.368 e. The van der Waals surface area contributed by atoms with Crippen molar-refractivity contribution in [1.82, 2.24) is 10.2 Å². The Balaban J connectivity index is 2.18. The fourth-order valence-electron chi connectivity index (χ4n) is 1.68. The van der Waals surface area contributed by atoms with Crippen molar-refractivity contribution in [3.05, 3.63) is 0 Å². The zero-order valence-corrected chi connectivity index (χ0v) is 10.4. The fourth-order valence-corrected chi connectivity index (χ4v) is 1.68. The van der Waals surface area contributed by atoms with Gasteiger partial charge in [0, 0.05) is 13.6 Å². The summed E-state index contributed by atoms with van der Waals surface area (Å²) in [5.41, 5.74) is 0. The highest BCUT2D eigenvalue weighted by Gasteiger charge is 2.28. The van der Waals surface area contributed by atoms with Crippen LogP contribution in [0.15, 0.2) is 0 Å². The molecule has 1 N–H and O–H groups in total. The lowest BCUT2D eigenvalue weighted by atomic mass is 10.1. The van der Waals surface area contributed by atoms with E-state index in [1.54, 1.807) is 0 Å². The van der Waals surface area contributed by atoms with E-state index in [-0.39, 0.29) is 19.3 Å². The Morgan fingerprint density at radius 2 is 2.00 bits per heavy atom. The minimum atomic E-state index is -4.23. The van der Waals surface area contributed by atoms with E-state index in [9.17, 15) is 18.0 Å². The predicted octanol–water partition coefficient (Wildman–Crippen LogP) is 1.17. The summed E-state index contributed by atoms with van der Waals surface area (Å²) in [7, 11) is 1.36. The maximum Gasteiger partial charge on any atom is 0.390 e. The topological polar surface area (TPSA) is 41.6 Å². The molecule has 0 aliphatic carbocycles. The zero-order chi connectivity index (χ0) is 13.6. The molecule has 1 amide bonds. The lowest BCUT2D eigenvalue weighted by molar-refractivity contribution is -0.147. The van der Waals surface area contributed by atoms with Gasteiger partial charge in [-0.2, -0.15) is 13.2 Å². The minimum absolute atomic E-state index is 0.0335. The van der Waals surface area contributed by atoms with Gasteiger partial charge >= 0.3 is 6.18 Å². The standard InChI is InChI=1S/C11H19F3N2O2/c1-16(7-4-11(12,13)14)10(17)8-18-9-2-5-15-6-3-9/h9,15H,2-8H2,1H3. The largest absolute Gasteiger partial charge is 0.390 e. The Bertz CT molecular complexity index is 266. The van der Waals surface area contributed by atoms with Crippen molar-refractivity contribution in [2.24, 2.45) is 0 Å². The molecule has 0 radical (unpaired) electrons. The quantitative estimate of drug-likeness (QED) is 0.813. The van der Waals surface area contributed by atoms with Gasteiger partial charge in [0.15, 0.2) is 0 Å². The fraction of sp³-hybridized carbons (Fsp3) is 0.909. The van der Waals surface area contributed by atoms with Crippen LogP contribution in [0.3, 0.4) is 0 Å². The summed E-state index contributed by atoms with van der Waals surface area (Å²) in [6.45, 7) is 1.24. The van der Waals surface area contributed by atoms with Crippen LogP contribution in [0.1, 0.15) is 19.3 Å². The van der Waals surface area contributed by atoms with E-state index >= 15 is 0 Å². The second kappa shape index (κ2) is 6.94. The van der Waals surface area contributed by atoms with E-state index in [2.05, 4.69) is 5.32 Å². The summed E-state index contributed by atoms with van der Waals surface area (Å²) in [4.78, 5) is 12.6. The van der Waals surface area contributed by atoms with Crippen LogP contribution >= 0.6 is 0 Å². The van der Waals surface area contributed by atoms with Gasteiger partial charge < -0.3 is 15.0 Å². The van der Waals surface area contributed by atoms with Crippen molar-refractivity contribution in [1.29, 1.82) is 0 Å². The average molecular weight is 268 g/mol. The number of amides is 1. The maximum absolute atomic E-state index is 12.0. The van der Waals surface area contributed by atoms with Crippen LogP contribution in [0.5, 0.6) is 0 Å². The van der Waals surface area contributed by atoms with Crippen LogP contribution in [-0.4, -0.2) is 56.4 Å². The third-order valence-corrected chi connectivity index (χ3v) is 2.89. The number of halogens is 3. The first-order valence-electron chi connectivity index (χ1n) is 6.01. The molecule has 0 atom stereocenters. The Kier molecular flexibility index (Phi) is 5.87. The Labute approximate surface area is 104 Å². The van der Waals surface area contributed by atoms with Gasteiger partial charge in [0.1, 0.15) is 6.61 Å². The Morgan fingerprint density at radius 1 is 1.39 bits per heavy atom. The third kappa shape index (κ3) is 6.20. The van der Waals surface area contributed by atoms with Crippen LogP contribution in [-0.2, 0) is 9.53 Å². The molecule has 1 fully saturated rings. The van der Waals surface area contributed by atoms with Crippen molar-refractivity contribution >= 4 is 5.91 Å². The molecule has 0 unspecified atom stereocenters. The number of hydrogen-bond donors (Lipinski definition) is 1. The first kappa shape index (κ1) is 15.2. The maximum atomic E-state index is 12.0. The molecule has 7 heteroatoms. The molecule has 106 valence electrons. The monoisotopic (exact) mass is 268 g/mol. The number of piperidine rings is 1. The number of nitrogens with one attached hydrogen (secondary N) is 1. The van der Waals surface area contributed by atoms with Gasteiger partial charge in [-0.15, -0.1) is 0 Å². The number of carbonyl (C=O) groups excluding carboxylic acids is 1. The third-order valence-electron chi connectivity index (χ3n) is 2.89. The minimum Gasteiger partial charge on any atom is -0.368 e. The summed E-state index contributed by atoms with van der Waals surface area (Å²) < 4.78 is 41.3. The molecule has 18 heavy (non-hydrogen) atoms. The number of alkyl halides is 3. The number of likely N-dealkylation sites (N-methyl/N-ethyl adjacent to an activating group) is 1. The SMILES string of the molecule is CN(CCC(F)(F)F)C(=O)COC1CCNCC1. The predicted molar refractivity (Wildman–Crippen MR) is 60.2 cm³/mol. The number of hydrogen-bond acceptors (Lipinski definition) is 3. The zero-order valence-electron chi connectivity index (χ0n) is 10.4. The van der Waals surface area contributed by atoms with E-state index in [1.807, 2.05) is 0 Å². The van der Waals surface area contributed by atoms with Gasteiger partial charge in [-0.25, -0.2) is 0 Å². The molecule has 0 spiro atoms. The van der Waals surface area contributed by atoms with E-state index in [4.69, 9.17) is 4.74 Å². The molecule has 0 aromatic rings. The van der Waals surface area contributed by atoms with E-state index in [1.165, 1.54) is 7.05 Å². The number of nitrogens with zero attached hydrogens (tertiary/aromatic N) is 1. The average Bonchev–Trinajstić information content (AvgIpc) is 2.33. The van der Waals surface area contributed by atoms with Crippen molar-refractivity contribution in [3.8, 4) is 0 Å². The molecular weight excluding hydrogens is 249 g/mol. The molecular formula is C11H19F3N2O2. The number of rotatable bonds is 5. The van der Waals surface area contributed by atoms with E-state index in [0.29, 0.717) is 0 Å². The van der Waals surface area contributed by atoms with Crippen molar-refractivity contribution in [3.63, 3.8) is 0 Å². The summed E-state index contributed by atoms with van der Waals surface area (Å²) >= 11 is 0. The second-order valence-electron chi connectivity index (χ2n) is 4.44. The Hall–Kier alpha value is -0.820. The molecule has 1 rings (SSSR count). The van der Waals surface area contributed by atoms with Crippen molar-refractivity contribution in [2.45, 2.75) is 31.5 Å². The molecule has 0 bridgehead atoms. The van der Waals surface area contributed by atoms with Gasteiger partial charge in [0.25, 0.3) is 0 Å². The van der Waals surface area contributed by atoms with Crippen LogP contribution in [0.4, 0.5) is 13.2 Å². The molecule has 1 saturated heterocycles. The highest BCUT2D eigenvalue weighted by Crippen LogP contribution is 2.19. The van der Waals surface area contributed by atoms with Crippen LogP contribution < -0.4 is 5.32 Å². The van der Waals surface area contributed by atoms with Crippen molar-refractivity contribution in [2.75, 3.05) is 33.3 Å². The molecule has 1 aliphatic rings. The Morgan fingerprint density at radius 3 is 2.56 bits per heavy atom. The van der Waals surface area contributed by atoms with Gasteiger partial charge in [-0.05, 0) is 25.9 Å². The first-order valence-corrected chi connectivity index (χ1v) is 6.01.